The van der Waals surface area contributed by atoms with Gasteiger partial charge in [-0.05, 0) is 37.3 Å². The molecule has 0 fully saturated rings. The second-order valence-corrected chi connectivity index (χ2v) is 4.74. The molecule has 0 saturated carbocycles. The van der Waals surface area contributed by atoms with Crippen molar-refractivity contribution in [2.45, 2.75) is 6.92 Å². The van der Waals surface area contributed by atoms with E-state index in [2.05, 4.69) is 10.1 Å². The van der Waals surface area contributed by atoms with Crippen molar-refractivity contribution in [1.82, 2.24) is 0 Å². The summed E-state index contributed by atoms with van der Waals surface area (Å²) in [6.07, 6.45) is 1.21. The molecule has 2 aromatic rings. The van der Waals surface area contributed by atoms with Gasteiger partial charge in [0.05, 0.1) is 7.11 Å². The number of anilines is 1. The van der Waals surface area contributed by atoms with Crippen LogP contribution in [0.1, 0.15) is 21.9 Å². The summed E-state index contributed by atoms with van der Waals surface area (Å²) in [5, 5.41) is 11.6. The van der Waals surface area contributed by atoms with Gasteiger partial charge in [-0.25, -0.2) is 9.18 Å². The molecule has 0 aliphatic rings. The zero-order valence-corrected chi connectivity index (χ0v) is 12.9. The number of esters is 1. The molecule has 0 bridgehead atoms. The number of amides is 1. The molecule has 1 N–H and O–H groups in total. The summed E-state index contributed by atoms with van der Waals surface area (Å²) < 4.78 is 22.8. The van der Waals surface area contributed by atoms with Crippen LogP contribution in [0.15, 0.2) is 40.3 Å². The van der Waals surface area contributed by atoms with E-state index in [0.29, 0.717) is 11.4 Å². The van der Waals surface area contributed by atoms with Gasteiger partial charge in [0.25, 0.3) is 5.91 Å². The Morgan fingerprint density at radius 2 is 2.00 bits per heavy atom. The van der Waals surface area contributed by atoms with Gasteiger partial charge in [-0.3, -0.25) is 4.79 Å². The number of furan rings is 1. The zero-order valence-electron chi connectivity index (χ0n) is 12.9. The summed E-state index contributed by atoms with van der Waals surface area (Å²) in [7, 11) is 1.24. The fourth-order valence-corrected chi connectivity index (χ4v) is 1.91. The van der Waals surface area contributed by atoms with Crippen LogP contribution in [0.5, 0.6) is 0 Å². The topological polar surface area (TPSA) is 92.3 Å². The minimum Gasteiger partial charge on any atom is -0.465 e. The molecule has 1 aromatic heterocycles. The highest BCUT2D eigenvalue weighted by atomic mass is 19.1. The van der Waals surface area contributed by atoms with Gasteiger partial charge in [-0.15, -0.1) is 0 Å². The van der Waals surface area contributed by atoms with E-state index >= 15 is 0 Å². The van der Waals surface area contributed by atoms with E-state index in [1.54, 1.807) is 13.0 Å². The van der Waals surface area contributed by atoms with Crippen molar-refractivity contribution in [3.05, 3.63) is 58.8 Å². The quantitative estimate of drug-likeness (QED) is 0.529. The summed E-state index contributed by atoms with van der Waals surface area (Å²) in [4.78, 5) is 23.6. The molecule has 0 saturated heterocycles. The Kier molecular flexibility index (Phi) is 5.12. The number of ether oxygens (including phenoxy) is 1. The van der Waals surface area contributed by atoms with E-state index in [-0.39, 0.29) is 16.9 Å². The summed E-state index contributed by atoms with van der Waals surface area (Å²) in [5.41, 5.74) is 0.317. The summed E-state index contributed by atoms with van der Waals surface area (Å²) in [6.45, 7) is 1.56. The standard InChI is InChI=1S/C17H13FN2O4/c1-10-15(17(22)23-2)8-14(24-10)7-11(9-19)16(21)20-13-5-3-12(18)4-6-13/h3-8H,1-2H3,(H,20,21)/b11-7+. The number of nitriles is 1. The second kappa shape index (κ2) is 7.24. The lowest BCUT2D eigenvalue weighted by Gasteiger charge is -2.03. The summed E-state index contributed by atoms with van der Waals surface area (Å²) >= 11 is 0. The normalized spacial score (nSPS) is 10.8. The first-order valence-electron chi connectivity index (χ1n) is 6.82. The highest BCUT2D eigenvalue weighted by Gasteiger charge is 2.16. The fourth-order valence-electron chi connectivity index (χ4n) is 1.91. The highest BCUT2D eigenvalue weighted by Crippen LogP contribution is 2.19. The minimum absolute atomic E-state index is 0.165. The number of carbonyl (C=O) groups excluding carboxylic acids is 2. The third-order valence-corrected chi connectivity index (χ3v) is 3.10. The van der Waals surface area contributed by atoms with Crippen LogP contribution in [0.25, 0.3) is 6.08 Å². The van der Waals surface area contributed by atoms with Crippen molar-refractivity contribution in [1.29, 1.82) is 5.26 Å². The number of benzene rings is 1. The molecule has 0 unspecified atom stereocenters. The molecule has 1 aromatic carbocycles. The first kappa shape index (κ1) is 17.0. The second-order valence-electron chi connectivity index (χ2n) is 4.74. The smallest absolute Gasteiger partial charge is 0.341 e. The number of hydrogen-bond acceptors (Lipinski definition) is 5. The maximum Gasteiger partial charge on any atom is 0.341 e. The summed E-state index contributed by atoms with van der Waals surface area (Å²) in [6, 6.07) is 8.24. The minimum atomic E-state index is -0.683. The van der Waals surface area contributed by atoms with Crippen LogP contribution in [-0.4, -0.2) is 19.0 Å². The highest BCUT2D eigenvalue weighted by molar-refractivity contribution is 6.09. The molecule has 0 radical (unpaired) electrons. The predicted molar refractivity (Wildman–Crippen MR) is 83.4 cm³/mol. The Balaban J connectivity index is 2.22. The molecule has 2 rings (SSSR count). The molecule has 6 nitrogen and oxygen atoms in total. The number of methoxy groups -OCH3 is 1. The fraction of sp³-hybridized carbons (Fsp3) is 0.118. The van der Waals surface area contributed by atoms with Gasteiger partial charge >= 0.3 is 5.97 Å². The van der Waals surface area contributed by atoms with Crippen LogP contribution in [0.2, 0.25) is 0 Å². The van der Waals surface area contributed by atoms with Crippen LogP contribution >= 0.6 is 0 Å². The number of carbonyl (C=O) groups is 2. The van der Waals surface area contributed by atoms with Crippen molar-refractivity contribution in [3.8, 4) is 6.07 Å². The molecule has 0 spiro atoms. The van der Waals surface area contributed by atoms with Crippen LogP contribution in [0.3, 0.4) is 0 Å². The lowest BCUT2D eigenvalue weighted by molar-refractivity contribution is -0.112. The van der Waals surface area contributed by atoms with E-state index in [0.717, 1.165) is 0 Å². The number of hydrogen-bond donors (Lipinski definition) is 1. The first-order chi connectivity index (χ1) is 11.4. The Morgan fingerprint density at radius 3 is 2.58 bits per heavy atom. The van der Waals surface area contributed by atoms with E-state index in [1.165, 1.54) is 43.5 Å². The Bertz CT molecular complexity index is 844. The van der Waals surface area contributed by atoms with E-state index in [4.69, 9.17) is 9.68 Å². The van der Waals surface area contributed by atoms with Crippen molar-refractivity contribution in [2.75, 3.05) is 12.4 Å². The van der Waals surface area contributed by atoms with Gasteiger partial charge in [-0.2, -0.15) is 5.26 Å². The van der Waals surface area contributed by atoms with Crippen molar-refractivity contribution >= 4 is 23.6 Å². The number of halogens is 1. The lowest BCUT2D eigenvalue weighted by atomic mass is 10.2. The number of rotatable bonds is 4. The van der Waals surface area contributed by atoms with Gasteiger partial charge < -0.3 is 14.5 Å². The number of nitrogens with zero attached hydrogens (tertiary/aromatic N) is 1. The van der Waals surface area contributed by atoms with Crippen molar-refractivity contribution in [2.24, 2.45) is 0 Å². The van der Waals surface area contributed by atoms with Gasteiger partial charge in [0, 0.05) is 11.8 Å². The van der Waals surface area contributed by atoms with Gasteiger partial charge in [0.15, 0.2) is 0 Å². The third kappa shape index (κ3) is 3.87. The van der Waals surface area contributed by atoms with Gasteiger partial charge in [0.1, 0.15) is 34.5 Å². The Labute approximate surface area is 137 Å². The predicted octanol–water partition coefficient (Wildman–Crippen LogP) is 3.06. The molecule has 24 heavy (non-hydrogen) atoms. The lowest BCUT2D eigenvalue weighted by Crippen LogP contribution is -2.13. The maximum absolute atomic E-state index is 12.8. The molecular weight excluding hydrogens is 315 g/mol. The van der Waals surface area contributed by atoms with Crippen LogP contribution in [0, 0.1) is 24.1 Å². The molecule has 7 heteroatoms. The molecule has 0 aliphatic heterocycles. The zero-order chi connectivity index (χ0) is 17.7. The van der Waals surface area contributed by atoms with Gasteiger partial charge in [0.2, 0.25) is 0 Å². The summed E-state index contributed by atoms with van der Waals surface area (Å²) in [5.74, 6) is -1.23. The van der Waals surface area contributed by atoms with E-state index in [9.17, 15) is 14.0 Å². The van der Waals surface area contributed by atoms with E-state index in [1.807, 2.05) is 0 Å². The maximum atomic E-state index is 12.8. The monoisotopic (exact) mass is 328 g/mol. The molecular formula is C17H13FN2O4. The molecule has 1 amide bonds. The number of aryl methyl sites for hydroxylation is 1. The average molecular weight is 328 g/mol. The van der Waals surface area contributed by atoms with Gasteiger partial charge in [-0.1, -0.05) is 0 Å². The SMILES string of the molecule is COC(=O)c1cc(/C=C(\C#N)C(=O)Nc2ccc(F)cc2)oc1C. The van der Waals surface area contributed by atoms with Crippen LogP contribution in [-0.2, 0) is 9.53 Å². The largest absolute Gasteiger partial charge is 0.465 e. The molecule has 1 heterocycles. The Morgan fingerprint density at radius 1 is 1.33 bits per heavy atom. The average Bonchev–Trinajstić information content (AvgIpc) is 2.94. The number of nitrogens with one attached hydrogen (secondary N) is 1. The van der Waals surface area contributed by atoms with Crippen LogP contribution in [0.4, 0.5) is 10.1 Å². The van der Waals surface area contributed by atoms with E-state index < -0.39 is 17.7 Å². The molecule has 122 valence electrons. The Hall–Kier alpha value is -3.40. The first-order valence-corrected chi connectivity index (χ1v) is 6.82. The molecule has 0 atom stereocenters. The van der Waals surface area contributed by atoms with Crippen molar-refractivity contribution in [3.63, 3.8) is 0 Å². The third-order valence-electron chi connectivity index (χ3n) is 3.10. The van der Waals surface area contributed by atoms with Crippen LogP contribution < -0.4 is 5.32 Å². The molecule has 0 aliphatic carbocycles. The van der Waals surface area contributed by atoms with Crippen molar-refractivity contribution < 1.29 is 23.1 Å².